The average Bonchev–Trinajstić information content (AvgIpc) is 2.87. The Hall–Kier alpha value is -3.25. The van der Waals surface area contributed by atoms with Crippen LogP contribution in [0.1, 0.15) is 32.3 Å². The molecule has 33 heavy (non-hydrogen) atoms. The number of nitrogens with zero attached hydrogens (tertiary/aromatic N) is 1. The number of rotatable bonds is 9. The van der Waals surface area contributed by atoms with Crippen molar-refractivity contribution in [3.63, 3.8) is 0 Å². The molecular weight excluding hydrogens is 412 g/mol. The summed E-state index contributed by atoms with van der Waals surface area (Å²) in [7, 11) is 4.83. The molecule has 1 atom stereocenters. The quantitative estimate of drug-likeness (QED) is 0.370. The summed E-state index contributed by atoms with van der Waals surface area (Å²) in [5.74, 6) is 3.22. The Labute approximate surface area is 197 Å². The lowest BCUT2D eigenvalue weighted by Crippen LogP contribution is -2.21. The van der Waals surface area contributed by atoms with Crippen LogP contribution >= 0.6 is 0 Å². The normalized spacial score (nSPS) is 14.8. The number of pyridine rings is 1. The molecule has 0 saturated carbocycles. The van der Waals surface area contributed by atoms with Crippen molar-refractivity contribution in [1.82, 2.24) is 4.98 Å². The standard InChI is InChI=1S/C26H31N3O2.CH5N/c1-5-18-13-20(17(18)2)16-28-24-8-6-7-23-22(24)11-12-27-26(23)29-15-19-9-10-21(30-3)14-25(19)31-4;1-2/h6-12,14,18,28H,5,13,15-16H2,1-4H3,(H,27,29);2H2,1H3. The average molecular weight is 449 g/mol. The van der Waals surface area contributed by atoms with E-state index < -0.39 is 0 Å². The molecule has 3 aromatic rings. The second-order valence-corrected chi connectivity index (χ2v) is 8.04. The molecule has 4 N–H and O–H groups in total. The number of allylic oxidation sites excluding steroid dienone is 1. The van der Waals surface area contributed by atoms with E-state index in [4.69, 9.17) is 9.47 Å². The van der Waals surface area contributed by atoms with Crippen molar-refractivity contribution < 1.29 is 9.47 Å². The molecule has 1 aliphatic carbocycles. The van der Waals surface area contributed by atoms with E-state index in [0.29, 0.717) is 6.54 Å². The van der Waals surface area contributed by atoms with Crippen molar-refractivity contribution in [2.75, 3.05) is 38.4 Å². The highest BCUT2D eigenvalue weighted by molar-refractivity contribution is 5.99. The Kier molecular flexibility index (Phi) is 8.55. The minimum atomic E-state index is 0.613. The van der Waals surface area contributed by atoms with Gasteiger partial charge in [0, 0.05) is 47.4 Å². The van der Waals surface area contributed by atoms with Crippen LogP contribution in [0.5, 0.6) is 11.5 Å². The van der Waals surface area contributed by atoms with Gasteiger partial charge >= 0.3 is 0 Å². The Morgan fingerprint density at radius 3 is 2.52 bits per heavy atom. The van der Waals surface area contributed by atoms with E-state index in [0.717, 1.165) is 46.4 Å². The molecule has 1 aromatic heterocycles. The second-order valence-electron chi connectivity index (χ2n) is 8.04. The highest BCUT2D eigenvalue weighted by Gasteiger charge is 2.23. The van der Waals surface area contributed by atoms with Gasteiger partial charge < -0.3 is 25.8 Å². The van der Waals surface area contributed by atoms with Gasteiger partial charge in [0.05, 0.1) is 14.2 Å². The zero-order valence-electron chi connectivity index (χ0n) is 20.4. The van der Waals surface area contributed by atoms with Crippen LogP contribution < -0.4 is 25.8 Å². The van der Waals surface area contributed by atoms with E-state index in [1.807, 2.05) is 24.4 Å². The summed E-state index contributed by atoms with van der Waals surface area (Å²) in [5, 5.41) is 9.41. The van der Waals surface area contributed by atoms with E-state index in [1.165, 1.54) is 25.3 Å². The van der Waals surface area contributed by atoms with Crippen molar-refractivity contribution in [2.45, 2.75) is 33.2 Å². The lowest BCUT2D eigenvalue weighted by atomic mass is 9.77. The van der Waals surface area contributed by atoms with Crippen LogP contribution in [0.2, 0.25) is 0 Å². The van der Waals surface area contributed by atoms with Gasteiger partial charge in [0.25, 0.3) is 0 Å². The van der Waals surface area contributed by atoms with Crippen LogP contribution in [0.15, 0.2) is 59.8 Å². The van der Waals surface area contributed by atoms with E-state index in [1.54, 1.807) is 25.4 Å². The Morgan fingerprint density at radius 2 is 1.82 bits per heavy atom. The first-order chi connectivity index (χ1) is 16.1. The summed E-state index contributed by atoms with van der Waals surface area (Å²) in [6.07, 6.45) is 4.32. The maximum Gasteiger partial charge on any atom is 0.134 e. The third-order valence-electron chi connectivity index (χ3n) is 6.39. The molecule has 0 saturated heterocycles. The molecule has 0 fully saturated rings. The molecule has 0 spiro atoms. The van der Waals surface area contributed by atoms with Crippen molar-refractivity contribution in [3.8, 4) is 11.5 Å². The Bertz CT molecular complexity index is 1110. The third kappa shape index (κ3) is 5.40. The molecule has 6 heteroatoms. The zero-order valence-corrected chi connectivity index (χ0v) is 20.4. The first-order valence-electron chi connectivity index (χ1n) is 11.5. The van der Waals surface area contributed by atoms with Crippen LogP contribution in [0, 0.1) is 5.92 Å². The fourth-order valence-corrected chi connectivity index (χ4v) is 4.31. The van der Waals surface area contributed by atoms with Crippen LogP contribution in [-0.4, -0.2) is 32.8 Å². The van der Waals surface area contributed by atoms with E-state index >= 15 is 0 Å². The fourth-order valence-electron chi connectivity index (χ4n) is 4.31. The van der Waals surface area contributed by atoms with E-state index in [-0.39, 0.29) is 0 Å². The molecule has 1 heterocycles. The van der Waals surface area contributed by atoms with Gasteiger partial charge in [-0.3, -0.25) is 0 Å². The molecule has 176 valence electrons. The highest BCUT2D eigenvalue weighted by atomic mass is 16.5. The van der Waals surface area contributed by atoms with Crippen LogP contribution in [0.25, 0.3) is 10.8 Å². The minimum Gasteiger partial charge on any atom is -0.497 e. The number of ether oxygens (including phenoxy) is 2. The highest BCUT2D eigenvalue weighted by Crippen LogP contribution is 2.37. The van der Waals surface area contributed by atoms with Gasteiger partial charge in [-0.25, -0.2) is 4.98 Å². The topological polar surface area (TPSA) is 81.4 Å². The zero-order chi connectivity index (χ0) is 23.8. The van der Waals surface area contributed by atoms with Crippen LogP contribution in [0.4, 0.5) is 11.5 Å². The predicted octanol–water partition coefficient (Wildman–Crippen LogP) is 5.60. The molecule has 4 rings (SSSR count). The van der Waals surface area contributed by atoms with Crippen LogP contribution in [0.3, 0.4) is 0 Å². The first-order valence-corrected chi connectivity index (χ1v) is 11.5. The summed E-state index contributed by atoms with van der Waals surface area (Å²) in [6.45, 7) is 6.07. The van der Waals surface area contributed by atoms with Gasteiger partial charge in [-0.15, -0.1) is 0 Å². The van der Waals surface area contributed by atoms with Gasteiger partial charge in [0.1, 0.15) is 17.3 Å². The number of hydrogen-bond acceptors (Lipinski definition) is 6. The molecule has 2 aromatic carbocycles. The molecule has 0 amide bonds. The lowest BCUT2D eigenvalue weighted by Gasteiger charge is -2.31. The minimum absolute atomic E-state index is 0.613. The molecule has 0 bridgehead atoms. The first kappa shape index (κ1) is 24.4. The lowest BCUT2D eigenvalue weighted by molar-refractivity contribution is 0.391. The van der Waals surface area contributed by atoms with Crippen molar-refractivity contribution in [3.05, 3.63) is 65.4 Å². The molecule has 0 radical (unpaired) electrons. The smallest absolute Gasteiger partial charge is 0.134 e. The molecular formula is C27H36N4O2. The monoisotopic (exact) mass is 448 g/mol. The number of nitrogens with one attached hydrogen (secondary N) is 2. The van der Waals surface area contributed by atoms with Crippen LogP contribution in [-0.2, 0) is 6.54 Å². The van der Waals surface area contributed by atoms with Gasteiger partial charge in [-0.2, -0.15) is 0 Å². The Morgan fingerprint density at radius 1 is 1.00 bits per heavy atom. The van der Waals surface area contributed by atoms with Gasteiger partial charge in [0.15, 0.2) is 0 Å². The predicted molar refractivity (Wildman–Crippen MR) is 138 cm³/mol. The van der Waals surface area contributed by atoms with Gasteiger partial charge in [-0.1, -0.05) is 30.2 Å². The number of aromatic nitrogens is 1. The third-order valence-corrected chi connectivity index (χ3v) is 6.39. The Balaban J connectivity index is 0.00000149. The maximum absolute atomic E-state index is 5.52. The molecule has 6 nitrogen and oxygen atoms in total. The molecule has 1 unspecified atom stereocenters. The van der Waals surface area contributed by atoms with Crippen molar-refractivity contribution in [2.24, 2.45) is 11.7 Å². The number of hydrogen-bond donors (Lipinski definition) is 3. The molecule has 0 aliphatic heterocycles. The number of nitrogens with two attached hydrogens (primary N) is 1. The van der Waals surface area contributed by atoms with Crippen molar-refractivity contribution >= 4 is 22.3 Å². The fraction of sp³-hybridized carbons (Fsp3) is 0.370. The summed E-state index contributed by atoms with van der Waals surface area (Å²) >= 11 is 0. The largest absolute Gasteiger partial charge is 0.497 e. The number of fused-ring (bicyclic) bond motifs is 1. The number of anilines is 2. The van der Waals surface area contributed by atoms with Gasteiger partial charge in [-0.05, 0) is 57.0 Å². The van der Waals surface area contributed by atoms with E-state index in [2.05, 4.69) is 59.5 Å². The summed E-state index contributed by atoms with van der Waals surface area (Å²) in [4.78, 5) is 4.59. The number of benzene rings is 2. The van der Waals surface area contributed by atoms with Crippen molar-refractivity contribution in [1.29, 1.82) is 0 Å². The number of methoxy groups -OCH3 is 2. The maximum atomic E-state index is 5.52. The SMILES string of the molecule is CCC1CC(CNc2cccc3c(NCc4ccc(OC)cc4OC)nccc23)=C1C.CN. The second kappa shape index (κ2) is 11.6. The summed E-state index contributed by atoms with van der Waals surface area (Å²) in [5.41, 5.74) is 9.80. The molecule has 1 aliphatic rings. The van der Waals surface area contributed by atoms with Gasteiger partial charge in [0.2, 0.25) is 0 Å². The summed E-state index contributed by atoms with van der Waals surface area (Å²) < 4.78 is 10.8. The summed E-state index contributed by atoms with van der Waals surface area (Å²) in [6, 6.07) is 14.3. The van der Waals surface area contributed by atoms with E-state index in [9.17, 15) is 0 Å².